The molecule has 9 heteroatoms. The number of thiophene rings is 1. The molecule has 0 radical (unpaired) electrons. The molecule has 3 aromatic heterocycles. The molecule has 5 aromatic rings. The first kappa shape index (κ1) is 24.7. The molecule has 5 rings (SSSR count). The minimum Gasteiger partial charge on any atom is -0.325 e. The van der Waals surface area contributed by atoms with Gasteiger partial charge in [0.1, 0.15) is 5.01 Å². The van der Waals surface area contributed by atoms with Crippen molar-refractivity contribution < 1.29 is 4.79 Å². The standard InChI is InChI=1S/C27H27N5OS3/c1-4-6-21-14-19(15-34-21)25-30-31-27(32(25)5-2)35-16-24(33)28-20-10-8-18(9-11-20)26-29-22-12-7-17(3)13-23(22)36-26/h7-15H,4-6,16H2,1-3H3,(H,28,33). The lowest BCUT2D eigenvalue weighted by Crippen LogP contribution is -2.14. The lowest BCUT2D eigenvalue weighted by atomic mass is 10.2. The number of thiazole rings is 1. The largest absolute Gasteiger partial charge is 0.325 e. The Kier molecular flexibility index (Phi) is 7.50. The van der Waals surface area contributed by atoms with Gasteiger partial charge >= 0.3 is 0 Å². The van der Waals surface area contributed by atoms with Crippen molar-refractivity contribution in [3.63, 3.8) is 0 Å². The first-order valence-electron chi connectivity index (χ1n) is 11.9. The molecular weight excluding hydrogens is 507 g/mol. The van der Waals surface area contributed by atoms with Crippen LogP contribution in [0.2, 0.25) is 0 Å². The van der Waals surface area contributed by atoms with Gasteiger partial charge in [0.2, 0.25) is 5.91 Å². The first-order chi connectivity index (χ1) is 17.5. The second-order valence-corrected chi connectivity index (χ2v) is 11.5. The van der Waals surface area contributed by atoms with Gasteiger partial charge in [-0.05, 0) is 68.3 Å². The van der Waals surface area contributed by atoms with Crippen molar-refractivity contribution >= 4 is 56.2 Å². The predicted octanol–water partition coefficient (Wildman–Crippen LogP) is 7.29. The Morgan fingerprint density at radius 1 is 1.06 bits per heavy atom. The van der Waals surface area contributed by atoms with Gasteiger partial charge in [-0.25, -0.2) is 4.98 Å². The van der Waals surface area contributed by atoms with Gasteiger partial charge in [0.25, 0.3) is 0 Å². The van der Waals surface area contributed by atoms with Gasteiger partial charge in [-0.1, -0.05) is 31.2 Å². The molecule has 1 amide bonds. The van der Waals surface area contributed by atoms with E-state index >= 15 is 0 Å². The number of nitrogens with zero attached hydrogens (tertiary/aromatic N) is 4. The summed E-state index contributed by atoms with van der Waals surface area (Å²) in [6, 6.07) is 16.3. The number of hydrogen-bond acceptors (Lipinski definition) is 7. The Labute approximate surface area is 222 Å². The normalized spacial score (nSPS) is 11.3. The average molecular weight is 534 g/mol. The number of thioether (sulfide) groups is 1. The van der Waals surface area contributed by atoms with Crippen molar-refractivity contribution in [3.05, 3.63) is 64.4 Å². The van der Waals surface area contributed by atoms with Gasteiger partial charge in [-0.3, -0.25) is 4.79 Å². The van der Waals surface area contributed by atoms with E-state index in [1.807, 2.05) is 24.3 Å². The Morgan fingerprint density at radius 2 is 1.89 bits per heavy atom. The summed E-state index contributed by atoms with van der Waals surface area (Å²) in [5, 5.41) is 15.6. The SMILES string of the molecule is CCCc1cc(-c2nnc(SCC(=O)Nc3ccc(-c4nc5ccc(C)cc5s4)cc3)n2CC)cs1. The molecule has 3 heterocycles. The number of amides is 1. The third-order valence-corrected chi connectivity index (χ3v) is 8.76. The van der Waals surface area contributed by atoms with Crippen molar-refractivity contribution in [1.82, 2.24) is 19.7 Å². The smallest absolute Gasteiger partial charge is 0.234 e. The predicted molar refractivity (Wildman–Crippen MR) is 152 cm³/mol. The van der Waals surface area contributed by atoms with E-state index in [1.165, 1.54) is 26.9 Å². The van der Waals surface area contributed by atoms with Crippen LogP contribution in [0.5, 0.6) is 0 Å². The van der Waals surface area contributed by atoms with Crippen LogP contribution < -0.4 is 5.32 Å². The van der Waals surface area contributed by atoms with Gasteiger partial charge in [-0.15, -0.1) is 32.9 Å². The number of nitrogens with one attached hydrogen (secondary N) is 1. The topological polar surface area (TPSA) is 72.7 Å². The Bertz CT molecular complexity index is 1500. The molecule has 0 fully saturated rings. The Hall–Kier alpha value is -3.01. The summed E-state index contributed by atoms with van der Waals surface area (Å²) in [6.45, 7) is 7.10. The van der Waals surface area contributed by atoms with Gasteiger partial charge in [0.15, 0.2) is 11.0 Å². The molecule has 184 valence electrons. The maximum absolute atomic E-state index is 12.6. The number of fused-ring (bicyclic) bond motifs is 1. The third kappa shape index (κ3) is 5.38. The summed E-state index contributed by atoms with van der Waals surface area (Å²) < 4.78 is 3.26. The summed E-state index contributed by atoms with van der Waals surface area (Å²) in [7, 11) is 0. The highest BCUT2D eigenvalue weighted by atomic mass is 32.2. The molecule has 36 heavy (non-hydrogen) atoms. The third-order valence-electron chi connectivity index (χ3n) is 5.73. The van der Waals surface area contributed by atoms with Crippen LogP contribution in [-0.2, 0) is 17.8 Å². The summed E-state index contributed by atoms with van der Waals surface area (Å²) >= 11 is 4.85. The van der Waals surface area contributed by atoms with Crippen LogP contribution in [0.1, 0.15) is 30.7 Å². The highest BCUT2D eigenvalue weighted by molar-refractivity contribution is 7.99. The van der Waals surface area contributed by atoms with E-state index in [2.05, 4.69) is 70.5 Å². The summed E-state index contributed by atoms with van der Waals surface area (Å²) in [4.78, 5) is 18.7. The van der Waals surface area contributed by atoms with Crippen molar-refractivity contribution in [1.29, 1.82) is 0 Å². The van der Waals surface area contributed by atoms with Gasteiger partial charge < -0.3 is 9.88 Å². The van der Waals surface area contributed by atoms with Crippen LogP contribution in [0.25, 0.3) is 32.2 Å². The highest BCUT2D eigenvalue weighted by Gasteiger charge is 2.16. The van der Waals surface area contributed by atoms with E-state index in [0.717, 1.165) is 57.7 Å². The van der Waals surface area contributed by atoms with Gasteiger partial charge in [0, 0.05) is 33.6 Å². The number of hydrogen-bond donors (Lipinski definition) is 1. The zero-order valence-corrected chi connectivity index (χ0v) is 22.9. The monoisotopic (exact) mass is 533 g/mol. The van der Waals surface area contributed by atoms with E-state index < -0.39 is 0 Å². The molecular formula is C27H27N5OS3. The number of aryl methyl sites for hydroxylation is 2. The van der Waals surface area contributed by atoms with Crippen LogP contribution in [0.4, 0.5) is 5.69 Å². The second-order valence-electron chi connectivity index (χ2n) is 8.51. The van der Waals surface area contributed by atoms with Crippen LogP contribution >= 0.6 is 34.4 Å². The number of aromatic nitrogens is 4. The van der Waals surface area contributed by atoms with Crippen molar-refractivity contribution in [2.24, 2.45) is 0 Å². The molecule has 0 unspecified atom stereocenters. The quantitative estimate of drug-likeness (QED) is 0.201. The Balaban J connectivity index is 1.21. The Morgan fingerprint density at radius 3 is 2.67 bits per heavy atom. The molecule has 0 atom stereocenters. The molecule has 6 nitrogen and oxygen atoms in total. The lowest BCUT2D eigenvalue weighted by Gasteiger charge is -2.07. The van der Waals surface area contributed by atoms with Crippen molar-refractivity contribution in [2.75, 3.05) is 11.1 Å². The van der Waals surface area contributed by atoms with Crippen LogP contribution in [0, 0.1) is 6.92 Å². The summed E-state index contributed by atoms with van der Waals surface area (Å²) in [5.74, 6) is 1.05. The number of carbonyl (C=O) groups excluding carboxylic acids is 1. The number of carbonyl (C=O) groups is 1. The molecule has 2 aromatic carbocycles. The molecule has 0 aliphatic rings. The van der Waals surface area contributed by atoms with E-state index in [4.69, 9.17) is 4.98 Å². The summed E-state index contributed by atoms with van der Waals surface area (Å²) in [6.07, 6.45) is 2.20. The van der Waals surface area contributed by atoms with Gasteiger partial charge in [-0.2, -0.15) is 0 Å². The fraction of sp³-hybridized carbons (Fsp3) is 0.259. The highest BCUT2D eigenvalue weighted by Crippen LogP contribution is 2.32. The van der Waals surface area contributed by atoms with Crippen LogP contribution in [-0.4, -0.2) is 31.4 Å². The zero-order valence-electron chi connectivity index (χ0n) is 20.4. The van der Waals surface area contributed by atoms with Gasteiger partial charge in [0.05, 0.1) is 16.0 Å². The minimum atomic E-state index is -0.0730. The van der Waals surface area contributed by atoms with E-state index in [0.29, 0.717) is 0 Å². The number of benzene rings is 2. The van der Waals surface area contributed by atoms with E-state index in [1.54, 1.807) is 22.7 Å². The molecule has 1 N–H and O–H groups in total. The van der Waals surface area contributed by atoms with Crippen molar-refractivity contribution in [2.45, 2.75) is 45.3 Å². The van der Waals surface area contributed by atoms with E-state index in [9.17, 15) is 4.79 Å². The molecule has 0 aliphatic carbocycles. The van der Waals surface area contributed by atoms with Crippen molar-refractivity contribution in [3.8, 4) is 22.0 Å². The summed E-state index contributed by atoms with van der Waals surface area (Å²) in [5.41, 5.74) is 5.14. The molecule has 0 bridgehead atoms. The first-order valence-corrected chi connectivity index (χ1v) is 14.6. The maximum Gasteiger partial charge on any atom is 0.234 e. The van der Waals surface area contributed by atoms with E-state index in [-0.39, 0.29) is 11.7 Å². The number of rotatable bonds is 9. The molecule has 0 saturated carbocycles. The minimum absolute atomic E-state index is 0.0730. The lowest BCUT2D eigenvalue weighted by molar-refractivity contribution is -0.113. The second kappa shape index (κ2) is 10.9. The zero-order chi connectivity index (χ0) is 25.1. The molecule has 0 spiro atoms. The number of anilines is 1. The fourth-order valence-electron chi connectivity index (χ4n) is 3.95. The van der Waals surface area contributed by atoms with Crippen LogP contribution in [0.15, 0.2) is 59.1 Å². The average Bonchev–Trinajstić information content (AvgIpc) is 3.61. The molecule has 0 saturated heterocycles. The molecule has 0 aliphatic heterocycles. The fourth-order valence-corrected chi connectivity index (χ4v) is 6.79. The maximum atomic E-state index is 12.6. The van der Waals surface area contributed by atoms with Crippen LogP contribution in [0.3, 0.4) is 0 Å².